The molecule has 9 nitrogen and oxygen atoms in total. The Hall–Kier alpha value is -3.14. The normalized spacial score (nSPS) is 10.8. The molecule has 0 fully saturated rings. The minimum Gasteiger partial charge on any atom is -0.456 e. The lowest BCUT2D eigenvalue weighted by molar-refractivity contribution is -0.384. The molecule has 0 N–H and O–H groups in total. The zero-order chi connectivity index (χ0) is 18.0. The third-order valence-corrected chi connectivity index (χ3v) is 4.36. The van der Waals surface area contributed by atoms with Gasteiger partial charge < -0.3 is 4.74 Å². The fourth-order valence-electron chi connectivity index (χ4n) is 2.05. The third-order valence-electron chi connectivity index (χ3n) is 3.31. The summed E-state index contributed by atoms with van der Waals surface area (Å²) in [6.45, 7) is 1.75. The van der Waals surface area contributed by atoms with Gasteiger partial charge in [0, 0.05) is 18.2 Å². The number of non-ortho nitro benzene ring substituents is 1. The SMILES string of the molecule is CCc1nn2c(=O)cc(COC(=O)c3ccc([N+](=O)[O-])cc3)nc2s1. The predicted octanol–water partition coefficient (Wildman–Crippen LogP) is 1.98. The molecule has 10 heteroatoms. The Labute approximate surface area is 144 Å². The van der Waals surface area contributed by atoms with Crippen LogP contribution in [0, 0.1) is 10.1 Å². The van der Waals surface area contributed by atoms with Crippen LogP contribution >= 0.6 is 11.3 Å². The number of fused-ring (bicyclic) bond motifs is 1. The van der Waals surface area contributed by atoms with Crippen molar-refractivity contribution in [3.05, 3.63) is 67.1 Å². The van der Waals surface area contributed by atoms with Crippen LogP contribution in [0.1, 0.15) is 28.0 Å². The monoisotopic (exact) mass is 360 g/mol. The molecule has 0 bridgehead atoms. The summed E-state index contributed by atoms with van der Waals surface area (Å²) in [7, 11) is 0. The van der Waals surface area contributed by atoms with Gasteiger partial charge in [0.15, 0.2) is 0 Å². The minimum atomic E-state index is -0.657. The van der Waals surface area contributed by atoms with E-state index >= 15 is 0 Å². The quantitative estimate of drug-likeness (QED) is 0.388. The maximum absolute atomic E-state index is 12.0. The summed E-state index contributed by atoms with van der Waals surface area (Å²) in [4.78, 5) is 38.7. The molecule has 0 spiro atoms. The summed E-state index contributed by atoms with van der Waals surface area (Å²) in [6.07, 6.45) is 0.692. The van der Waals surface area contributed by atoms with Gasteiger partial charge in [-0.1, -0.05) is 18.3 Å². The fraction of sp³-hybridized carbons (Fsp3) is 0.200. The Morgan fingerprint density at radius 2 is 2.08 bits per heavy atom. The van der Waals surface area contributed by atoms with Gasteiger partial charge in [-0.25, -0.2) is 9.78 Å². The van der Waals surface area contributed by atoms with Crippen LogP contribution in [-0.2, 0) is 17.8 Å². The number of rotatable bonds is 5. The molecule has 128 valence electrons. The number of carbonyl (C=O) groups excluding carboxylic acids is 1. The number of esters is 1. The van der Waals surface area contributed by atoms with E-state index in [-0.39, 0.29) is 23.4 Å². The molecule has 3 aromatic rings. The summed E-state index contributed by atoms with van der Waals surface area (Å²) in [6, 6.07) is 6.31. The Kier molecular flexibility index (Phi) is 4.52. The number of nitrogens with zero attached hydrogens (tertiary/aromatic N) is 4. The summed E-state index contributed by atoms with van der Waals surface area (Å²) in [5.74, 6) is -0.657. The first kappa shape index (κ1) is 16.7. The highest BCUT2D eigenvalue weighted by atomic mass is 32.1. The lowest BCUT2D eigenvalue weighted by Crippen LogP contribution is -2.16. The number of aryl methyl sites for hydroxylation is 1. The molecule has 2 aromatic heterocycles. The van der Waals surface area contributed by atoms with Gasteiger partial charge in [-0.2, -0.15) is 9.61 Å². The van der Waals surface area contributed by atoms with E-state index in [4.69, 9.17) is 4.74 Å². The maximum atomic E-state index is 12.0. The van der Waals surface area contributed by atoms with E-state index in [0.29, 0.717) is 17.1 Å². The molecule has 0 atom stereocenters. The largest absolute Gasteiger partial charge is 0.456 e. The Bertz CT molecular complexity index is 1010. The van der Waals surface area contributed by atoms with Crippen LogP contribution in [0.5, 0.6) is 0 Å². The van der Waals surface area contributed by atoms with Crippen LogP contribution in [0.3, 0.4) is 0 Å². The smallest absolute Gasteiger partial charge is 0.338 e. The molecule has 2 heterocycles. The van der Waals surface area contributed by atoms with Crippen LogP contribution < -0.4 is 5.56 Å². The number of nitro groups is 1. The van der Waals surface area contributed by atoms with Crippen LogP contribution in [0.15, 0.2) is 35.1 Å². The number of nitro benzene ring substituents is 1. The van der Waals surface area contributed by atoms with Gasteiger partial charge >= 0.3 is 5.97 Å². The van der Waals surface area contributed by atoms with E-state index in [1.807, 2.05) is 6.92 Å². The Morgan fingerprint density at radius 3 is 2.72 bits per heavy atom. The zero-order valence-electron chi connectivity index (χ0n) is 13.0. The third kappa shape index (κ3) is 3.53. The molecule has 0 aliphatic heterocycles. The number of carbonyl (C=O) groups is 1. The van der Waals surface area contributed by atoms with Crippen molar-refractivity contribution in [2.24, 2.45) is 0 Å². The first-order valence-electron chi connectivity index (χ1n) is 7.28. The van der Waals surface area contributed by atoms with Crippen LogP contribution in [0.2, 0.25) is 0 Å². The maximum Gasteiger partial charge on any atom is 0.338 e. The number of ether oxygens (including phenoxy) is 1. The minimum absolute atomic E-state index is 0.117. The molecule has 0 saturated heterocycles. The molecule has 25 heavy (non-hydrogen) atoms. The van der Waals surface area contributed by atoms with E-state index in [0.717, 1.165) is 5.01 Å². The van der Waals surface area contributed by atoms with Crippen molar-refractivity contribution in [3.8, 4) is 0 Å². The Balaban J connectivity index is 1.74. The highest BCUT2D eigenvalue weighted by Gasteiger charge is 2.13. The summed E-state index contributed by atoms with van der Waals surface area (Å²) < 4.78 is 6.33. The first-order chi connectivity index (χ1) is 12.0. The number of benzene rings is 1. The fourth-order valence-corrected chi connectivity index (χ4v) is 2.91. The van der Waals surface area contributed by atoms with Crippen molar-refractivity contribution in [2.75, 3.05) is 0 Å². The van der Waals surface area contributed by atoms with Gasteiger partial charge in [-0.15, -0.1) is 0 Å². The summed E-state index contributed by atoms with van der Waals surface area (Å²) in [5.41, 5.74) is 0.0250. The van der Waals surface area contributed by atoms with Gasteiger partial charge in [-0.05, 0) is 18.6 Å². The van der Waals surface area contributed by atoms with E-state index in [1.165, 1.54) is 46.2 Å². The van der Waals surface area contributed by atoms with Gasteiger partial charge in [0.05, 0.1) is 16.2 Å². The number of hydrogen-bond donors (Lipinski definition) is 0. The predicted molar refractivity (Wildman–Crippen MR) is 88.7 cm³/mol. The molecule has 0 radical (unpaired) electrons. The molecule has 1 aromatic carbocycles. The average Bonchev–Trinajstić information content (AvgIpc) is 3.03. The van der Waals surface area contributed by atoms with E-state index in [2.05, 4.69) is 10.1 Å². The van der Waals surface area contributed by atoms with E-state index < -0.39 is 10.9 Å². The number of hydrogen-bond acceptors (Lipinski definition) is 8. The van der Waals surface area contributed by atoms with Crippen molar-refractivity contribution in [3.63, 3.8) is 0 Å². The second-order valence-corrected chi connectivity index (χ2v) is 6.05. The van der Waals surface area contributed by atoms with Crippen molar-refractivity contribution < 1.29 is 14.5 Å². The van der Waals surface area contributed by atoms with Crippen LogP contribution in [0.25, 0.3) is 4.96 Å². The highest BCUT2D eigenvalue weighted by Crippen LogP contribution is 2.14. The topological polar surface area (TPSA) is 117 Å². The van der Waals surface area contributed by atoms with Crippen LogP contribution in [0.4, 0.5) is 5.69 Å². The molecule has 0 saturated carbocycles. The zero-order valence-corrected chi connectivity index (χ0v) is 13.9. The second-order valence-electron chi connectivity index (χ2n) is 5.01. The molecule has 3 rings (SSSR count). The number of aromatic nitrogens is 3. The van der Waals surface area contributed by atoms with E-state index in [1.54, 1.807) is 0 Å². The van der Waals surface area contributed by atoms with Crippen molar-refractivity contribution in [1.82, 2.24) is 14.6 Å². The standard InChI is InChI=1S/C15H12N4O5S/c1-2-12-17-18-13(20)7-10(16-15(18)25-12)8-24-14(21)9-3-5-11(6-4-9)19(22)23/h3-7H,2,8H2,1H3. The summed E-state index contributed by atoms with van der Waals surface area (Å²) in [5, 5.41) is 15.5. The molecule has 0 aliphatic rings. The van der Waals surface area contributed by atoms with Crippen molar-refractivity contribution in [1.29, 1.82) is 0 Å². The molecule has 0 aliphatic carbocycles. The van der Waals surface area contributed by atoms with Crippen molar-refractivity contribution in [2.45, 2.75) is 20.0 Å². The van der Waals surface area contributed by atoms with Crippen LogP contribution in [-0.4, -0.2) is 25.5 Å². The van der Waals surface area contributed by atoms with Gasteiger partial charge in [0.1, 0.15) is 11.6 Å². The van der Waals surface area contributed by atoms with Gasteiger partial charge in [-0.3, -0.25) is 14.9 Å². The van der Waals surface area contributed by atoms with E-state index in [9.17, 15) is 19.7 Å². The average molecular weight is 360 g/mol. The molecular weight excluding hydrogens is 348 g/mol. The molecule has 0 amide bonds. The highest BCUT2D eigenvalue weighted by molar-refractivity contribution is 7.16. The first-order valence-corrected chi connectivity index (χ1v) is 8.10. The molecular formula is C15H12N4O5S. The molecule has 0 unspecified atom stereocenters. The second kappa shape index (κ2) is 6.77. The lowest BCUT2D eigenvalue weighted by Gasteiger charge is -2.04. The van der Waals surface area contributed by atoms with Crippen molar-refractivity contribution >= 4 is 28.0 Å². The van der Waals surface area contributed by atoms with Gasteiger partial charge in [0.2, 0.25) is 4.96 Å². The van der Waals surface area contributed by atoms with Gasteiger partial charge in [0.25, 0.3) is 11.2 Å². The lowest BCUT2D eigenvalue weighted by atomic mass is 10.2. The Morgan fingerprint density at radius 1 is 1.36 bits per heavy atom. The summed E-state index contributed by atoms with van der Waals surface area (Å²) >= 11 is 1.30.